The highest BCUT2D eigenvalue weighted by Crippen LogP contribution is 2.35. The molecule has 3 rings (SSSR count). The molecule has 22 heavy (non-hydrogen) atoms. The van der Waals surface area contributed by atoms with E-state index < -0.39 is 0 Å². The van der Waals surface area contributed by atoms with Crippen LogP contribution in [0.2, 0.25) is 0 Å². The maximum absolute atomic E-state index is 5.36. The van der Waals surface area contributed by atoms with E-state index in [1.807, 2.05) is 18.2 Å². The molecule has 0 bridgehead atoms. The summed E-state index contributed by atoms with van der Waals surface area (Å²) in [4.78, 5) is 4.78. The molecule has 1 aliphatic carbocycles. The van der Waals surface area contributed by atoms with Crippen LogP contribution in [-0.4, -0.2) is 29.0 Å². The van der Waals surface area contributed by atoms with E-state index in [0.29, 0.717) is 12.3 Å². The van der Waals surface area contributed by atoms with E-state index in [1.54, 1.807) is 14.2 Å². The largest absolute Gasteiger partial charge is 0.493 e. The van der Waals surface area contributed by atoms with Gasteiger partial charge >= 0.3 is 0 Å². The third kappa shape index (κ3) is 2.80. The van der Waals surface area contributed by atoms with Gasteiger partial charge in [0.2, 0.25) is 0 Å². The van der Waals surface area contributed by atoms with Crippen molar-refractivity contribution < 1.29 is 9.47 Å². The van der Waals surface area contributed by atoms with E-state index >= 15 is 0 Å². The van der Waals surface area contributed by atoms with Crippen LogP contribution in [0.1, 0.15) is 49.3 Å². The number of benzene rings is 1. The third-order valence-electron chi connectivity index (χ3n) is 4.32. The Hall–Kier alpha value is -2.04. The van der Waals surface area contributed by atoms with Crippen molar-refractivity contribution in [3.8, 4) is 11.5 Å². The number of hydrogen-bond acceptors (Lipinski definition) is 4. The number of rotatable bonds is 6. The van der Waals surface area contributed by atoms with Gasteiger partial charge in [-0.1, -0.05) is 12.5 Å². The van der Waals surface area contributed by atoms with Crippen molar-refractivity contribution in [2.45, 2.75) is 45.1 Å². The van der Waals surface area contributed by atoms with Crippen LogP contribution >= 0.6 is 0 Å². The second-order valence-corrected chi connectivity index (χ2v) is 5.70. The lowest BCUT2D eigenvalue weighted by atomic mass is 9.85. The molecule has 2 aromatic rings. The van der Waals surface area contributed by atoms with Gasteiger partial charge in [-0.2, -0.15) is 5.10 Å². The van der Waals surface area contributed by atoms with Crippen molar-refractivity contribution in [3.05, 3.63) is 35.4 Å². The smallest absolute Gasteiger partial charge is 0.161 e. The fourth-order valence-electron chi connectivity index (χ4n) is 2.85. The number of hydrogen-bond donors (Lipinski definition) is 0. The van der Waals surface area contributed by atoms with E-state index in [2.05, 4.69) is 16.7 Å². The van der Waals surface area contributed by atoms with Gasteiger partial charge in [0.05, 0.1) is 14.2 Å². The van der Waals surface area contributed by atoms with Gasteiger partial charge in [-0.15, -0.1) is 0 Å². The lowest BCUT2D eigenvalue weighted by molar-refractivity contribution is 0.354. The summed E-state index contributed by atoms with van der Waals surface area (Å²) in [7, 11) is 3.30. The van der Waals surface area contributed by atoms with E-state index in [4.69, 9.17) is 14.5 Å². The Bertz CT molecular complexity index is 647. The summed E-state index contributed by atoms with van der Waals surface area (Å²) in [5, 5.41) is 4.66. The number of nitrogens with zero attached hydrogens (tertiary/aromatic N) is 3. The predicted molar refractivity (Wildman–Crippen MR) is 84.6 cm³/mol. The summed E-state index contributed by atoms with van der Waals surface area (Å²) in [6.07, 6.45) is 4.52. The zero-order valence-corrected chi connectivity index (χ0v) is 13.5. The van der Waals surface area contributed by atoms with Crippen molar-refractivity contribution in [2.75, 3.05) is 14.2 Å². The average Bonchev–Trinajstić information content (AvgIpc) is 2.87. The van der Waals surface area contributed by atoms with Gasteiger partial charge in [0.15, 0.2) is 17.3 Å². The molecule has 1 saturated carbocycles. The van der Waals surface area contributed by atoms with Crippen LogP contribution in [-0.2, 0) is 13.0 Å². The second-order valence-electron chi connectivity index (χ2n) is 5.70. The van der Waals surface area contributed by atoms with Crippen LogP contribution in [0.25, 0.3) is 0 Å². The van der Waals surface area contributed by atoms with Crippen molar-refractivity contribution in [3.63, 3.8) is 0 Å². The van der Waals surface area contributed by atoms with E-state index in [-0.39, 0.29) is 0 Å². The molecule has 0 aliphatic heterocycles. The molecule has 1 aliphatic rings. The zero-order valence-electron chi connectivity index (χ0n) is 13.5. The van der Waals surface area contributed by atoms with Gasteiger partial charge in [0.1, 0.15) is 5.82 Å². The highest BCUT2D eigenvalue weighted by molar-refractivity contribution is 5.43. The number of aryl methyl sites for hydroxylation is 1. The predicted octanol–water partition coefficient (Wildman–Crippen LogP) is 3.17. The molecule has 1 aromatic carbocycles. The molecule has 5 heteroatoms. The molecule has 0 atom stereocenters. The highest BCUT2D eigenvalue weighted by atomic mass is 16.5. The first-order valence-electron chi connectivity index (χ1n) is 7.89. The van der Waals surface area contributed by atoms with Gasteiger partial charge in [-0.25, -0.2) is 9.67 Å². The van der Waals surface area contributed by atoms with Gasteiger partial charge in [-0.3, -0.25) is 0 Å². The Morgan fingerprint density at radius 3 is 2.55 bits per heavy atom. The maximum Gasteiger partial charge on any atom is 0.161 e. The van der Waals surface area contributed by atoms with Crippen LogP contribution in [0.15, 0.2) is 18.2 Å². The van der Waals surface area contributed by atoms with E-state index in [1.165, 1.54) is 19.3 Å². The number of ether oxygens (including phenoxy) is 2. The Balaban J connectivity index is 1.82. The summed E-state index contributed by atoms with van der Waals surface area (Å²) in [6, 6.07) is 5.96. The van der Waals surface area contributed by atoms with Crippen LogP contribution in [0.5, 0.6) is 11.5 Å². The normalized spacial score (nSPS) is 14.7. The van der Waals surface area contributed by atoms with Crippen molar-refractivity contribution in [1.82, 2.24) is 14.8 Å². The third-order valence-corrected chi connectivity index (χ3v) is 4.32. The Morgan fingerprint density at radius 1 is 1.18 bits per heavy atom. The quantitative estimate of drug-likeness (QED) is 0.822. The molecule has 0 N–H and O–H groups in total. The minimum absolute atomic E-state index is 0.603. The summed E-state index contributed by atoms with van der Waals surface area (Å²) < 4.78 is 12.7. The molecule has 0 unspecified atom stereocenters. The molecule has 1 aromatic heterocycles. The monoisotopic (exact) mass is 301 g/mol. The summed E-state index contributed by atoms with van der Waals surface area (Å²) in [6.45, 7) is 3.00. The van der Waals surface area contributed by atoms with Gasteiger partial charge in [0.25, 0.3) is 0 Å². The molecule has 1 heterocycles. The molecule has 118 valence electrons. The fourth-order valence-corrected chi connectivity index (χ4v) is 2.85. The van der Waals surface area contributed by atoms with E-state index in [9.17, 15) is 0 Å². The van der Waals surface area contributed by atoms with Crippen LogP contribution in [0.3, 0.4) is 0 Å². The molecule has 0 saturated heterocycles. The minimum atomic E-state index is 0.603. The summed E-state index contributed by atoms with van der Waals surface area (Å²) in [5.74, 6) is 4.13. The summed E-state index contributed by atoms with van der Waals surface area (Å²) in [5.41, 5.74) is 1.13. The SMILES string of the molecule is CCn1nc(Cc2ccc(OC)c(OC)c2)nc1C1CCC1. The van der Waals surface area contributed by atoms with Crippen LogP contribution in [0.4, 0.5) is 0 Å². The molecule has 1 fully saturated rings. The van der Waals surface area contributed by atoms with Gasteiger partial charge < -0.3 is 9.47 Å². The maximum atomic E-state index is 5.36. The molecule has 0 spiro atoms. The zero-order chi connectivity index (χ0) is 15.5. The minimum Gasteiger partial charge on any atom is -0.493 e. The topological polar surface area (TPSA) is 49.2 Å². The fraction of sp³-hybridized carbons (Fsp3) is 0.529. The standard InChI is InChI=1S/C17H23N3O2/c1-4-20-17(13-6-5-7-13)18-16(19-20)11-12-8-9-14(21-2)15(10-12)22-3/h8-10,13H,4-7,11H2,1-3H3. The first kappa shape index (κ1) is 14.9. The average molecular weight is 301 g/mol. The van der Waals surface area contributed by atoms with Crippen molar-refractivity contribution >= 4 is 0 Å². The van der Waals surface area contributed by atoms with Gasteiger partial charge in [-0.05, 0) is 37.5 Å². The first-order valence-corrected chi connectivity index (χ1v) is 7.89. The van der Waals surface area contributed by atoms with Crippen molar-refractivity contribution in [2.24, 2.45) is 0 Å². The Morgan fingerprint density at radius 2 is 1.95 bits per heavy atom. The number of methoxy groups -OCH3 is 2. The lowest BCUT2D eigenvalue weighted by Crippen LogP contribution is -2.15. The molecule has 5 nitrogen and oxygen atoms in total. The Kier molecular flexibility index (Phi) is 4.32. The molecule has 0 radical (unpaired) electrons. The van der Waals surface area contributed by atoms with Crippen LogP contribution in [0, 0.1) is 0 Å². The second kappa shape index (κ2) is 6.38. The number of aromatic nitrogens is 3. The first-order chi connectivity index (χ1) is 10.7. The van der Waals surface area contributed by atoms with Crippen LogP contribution < -0.4 is 9.47 Å². The lowest BCUT2D eigenvalue weighted by Gasteiger charge is -2.24. The molecule has 0 amide bonds. The van der Waals surface area contributed by atoms with Crippen molar-refractivity contribution in [1.29, 1.82) is 0 Å². The Labute approximate surface area is 131 Å². The molecular formula is C17H23N3O2. The highest BCUT2D eigenvalue weighted by Gasteiger charge is 2.25. The van der Waals surface area contributed by atoms with Gasteiger partial charge in [0, 0.05) is 18.9 Å². The van der Waals surface area contributed by atoms with E-state index in [0.717, 1.165) is 35.3 Å². The molecular weight excluding hydrogens is 278 g/mol. The summed E-state index contributed by atoms with van der Waals surface area (Å²) >= 11 is 0.